The first-order chi connectivity index (χ1) is 9.49. The Labute approximate surface area is 124 Å². The van der Waals surface area contributed by atoms with Gasteiger partial charge in [0, 0.05) is 12.0 Å². The fraction of sp³-hybridized carbons (Fsp3) is 0.667. The van der Waals surface area contributed by atoms with E-state index in [2.05, 4.69) is 12.2 Å². The maximum Gasteiger partial charge on any atom is 0.177 e. The number of hydrogen-bond donors (Lipinski definition) is 2. The summed E-state index contributed by atoms with van der Waals surface area (Å²) in [5.74, 6) is 1.40. The van der Waals surface area contributed by atoms with Crippen LogP contribution in [0.25, 0.3) is 0 Å². The van der Waals surface area contributed by atoms with Crippen LogP contribution in [0.2, 0.25) is 0 Å². The number of nitrogens with two attached hydrogens (primary N) is 1. The third-order valence-corrected chi connectivity index (χ3v) is 4.88. The van der Waals surface area contributed by atoms with Gasteiger partial charge < -0.3 is 15.8 Å². The summed E-state index contributed by atoms with van der Waals surface area (Å²) in [6, 6.07) is 0.504. The SMILES string of the molecule is CCCC1CC1Nc1sc(C(=O)C(C)C)c(N)c1OC. The Kier molecular flexibility index (Phi) is 4.58. The molecule has 2 unspecified atom stereocenters. The molecule has 0 saturated heterocycles. The molecule has 0 amide bonds. The lowest BCUT2D eigenvalue weighted by Gasteiger charge is -2.06. The molecule has 0 radical (unpaired) electrons. The average Bonchev–Trinajstić information content (AvgIpc) is 3.04. The summed E-state index contributed by atoms with van der Waals surface area (Å²) in [6.45, 7) is 5.98. The third-order valence-electron chi connectivity index (χ3n) is 3.75. The van der Waals surface area contributed by atoms with Gasteiger partial charge in [-0.15, -0.1) is 11.3 Å². The zero-order valence-electron chi connectivity index (χ0n) is 12.7. The van der Waals surface area contributed by atoms with Gasteiger partial charge in [0.25, 0.3) is 0 Å². The number of nitrogens with one attached hydrogen (secondary N) is 1. The number of hydrogen-bond acceptors (Lipinski definition) is 5. The molecule has 1 fully saturated rings. The smallest absolute Gasteiger partial charge is 0.177 e. The number of carbonyl (C=O) groups is 1. The van der Waals surface area contributed by atoms with Crippen LogP contribution in [0.15, 0.2) is 0 Å². The predicted octanol–water partition coefficient (Wildman–Crippen LogP) is 3.78. The van der Waals surface area contributed by atoms with Gasteiger partial charge in [0.05, 0.1) is 17.7 Å². The number of methoxy groups -OCH3 is 1. The van der Waals surface area contributed by atoms with Crippen LogP contribution in [0.3, 0.4) is 0 Å². The van der Waals surface area contributed by atoms with Crippen molar-refractivity contribution in [3.63, 3.8) is 0 Å². The minimum atomic E-state index is -0.0535. The highest BCUT2D eigenvalue weighted by atomic mass is 32.1. The van der Waals surface area contributed by atoms with E-state index in [1.165, 1.54) is 30.6 Å². The summed E-state index contributed by atoms with van der Waals surface area (Å²) >= 11 is 1.42. The largest absolute Gasteiger partial charge is 0.492 e. The number of Topliss-reactive ketones (excluding diaryl/α,β-unsaturated/α-hetero) is 1. The molecule has 0 spiro atoms. The minimum Gasteiger partial charge on any atom is -0.492 e. The average molecular weight is 296 g/mol. The molecule has 0 aromatic carbocycles. The van der Waals surface area contributed by atoms with Gasteiger partial charge in [0.15, 0.2) is 11.5 Å². The molecular formula is C15H24N2O2S. The Morgan fingerprint density at radius 3 is 2.80 bits per heavy atom. The maximum atomic E-state index is 12.2. The second-order valence-electron chi connectivity index (χ2n) is 5.76. The number of ether oxygens (including phenoxy) is 1. The second-order valence-corrected chi connectivity index (χ2v) is 6.78. The number of rotatable bonds is 7. The van der Waals surface area contributed by atoms with E-state index in [4.69, 9.17) is 10.5 Å². The molecule has 20 heavy (non-hydrogen) atoms. The molecule has 4 nitrogen and oxygen atoms in total. The highest BCUT2D eigenvalue weighted by molar-refractivity contribution is 7.19. The first-order valence-electron chi connectivity index (χ1n) is 7.26. The zero-order valence-corrected chi connectivity index (χ0v) is 13.5. The Morgan fingerprint density at radius 1 is 1.55 bits per heavy atom. The van der Waals surface area contributed by atoms with Gasteiger partial charge in [-0.1, -0.05) is 27.2 Å². The van der Waals surface area contributed by atoms with Crippen molar-refractivity contribution in [1.29, 1.82) is 0 Å². The Morgan fingerprint density at radius 2 is 2.25 bits per heavy atom. The van der Waals surface area contributed by atoms with Crippen LogP contribution in [0.1, 0.15) is 49.7 Å². The normalized spacial score (nSPS) is 21.1. The molecule has 112 valence electrons. The van der Waals surface area contributed by atoms with Crippen molar-refractivity contribution < 1.29 is 9.53 Å². The summed E-state index contributed by atoms with van der Waals surface area (Å²) in [6.07, 6.45) is 3.66. The Bertz CT molecular complexity index is 496. The monoisotopic (exact) mass is 296 g/mol. The van der Waals surface area contributed by atoms with E-state index in [1.54, 1.807) is 7.11 Å². The van der Waals surface area contributed by atoms with Crippen molar-refractivity contribution in [3.05, 3.63) is 4.88 Å². The van der Waals surface area contributed by atoms with E-state index in [9.17, 15) is 4.79 Å². The van der Waals surface area contributed by atoms with E-state index >= 15 is 0 Å². The van der Waals surface area contributed by atoms with E-state index in [1.807, 2.05) is 13.8 Å². The topological polar surface area (TPSA) is 64.4 Å². The van der Waals surface area contributed by atoms with Crippen LogP contribution in [-0.4, -0.2) is 18.9 Å². The van der Waals surface area contributed by atoms with E-state index in [0.717, 1.165) is 10.9 Å². The fourth-order valence-electron chi connectivity index (χ4n) is 2.45. The standard InChI is InChI=1S/C15H24N2O2S/c1-5-6-9-7-10(9)17-15-13(19-4)11(16)14(20-15)12(18)8(2)3/h8-10,17H,5-7,16H2,1-4H3. The lowest BCUT2D eigenvalue weighted by molar-refractivity contribution is 0.0944. The lowest BCUT2D eigenvalue weighted by Crippen LogP contribution is -2.07. The molecule has 1 saturated carbocycles. The maximum absolute atomic E-state index is 12.2. The van der Waals surface area contributed by atoms with Crippen molar-refractivity contribution in [3.8, 4) is 5.75 Å². The van der Waals surface area contributed by atoms with Crippen LogP contribution in [0, 0.1) is 11.8 Å². The van der Waals surface area contributed by atoms with Gasteiger partial charge >= 0.3 is 0 Å². The lowest BCUT2D eigenvalue weighted by atomic mass is 10.1. The molecule has 2 rings (SSSR count). The minimum absolute atomic E-state index is 0.0535. The molecule has 0 bridgehead atoms. The molecule has 2 atom stereocenters. The number of nitrogen functional groups attached to an aromatic ring is 1. The van der Waals surface area contributed by atoms with Gasteiger partial charge in [-0.25, -0.2) is 0 Å². The van der Waals surface area contributed by atoms with E-state index < -0.39 is 0 Å². The van der Waals surface area contributed by atoms with Crippen LogP contribution >= 0.6 is 11.3 Å². The van der Waals surface area contributed by atoms with Crippen molar-refractivity contribution >= 4 is 27.8 Å². The summed E-state index contributed by atoms with van der Waals surface area (Å²) in [7, 11) is 1.60. The molecule has 1 aromatic heterocycles. The van der Waals surface area contributed by atoms with E-state index in [0.29, 0.717) is 22.4 Å². The van der Waals surface area contributed by atoms with Crippen LogP contribution in [0.4, 0.5) is 10.7 Å². The Balaban J connectivity index is 2.17. The molecule has 1 aliphatic rings. The van der Waals surface area contributed by atoms with Gasteiger partial charge in [-0.2, -0.15) is 0 Å². The highest BCUT2D eigenvalue weighted by Gasteiger charge is 2.37. The van der Waals surface area contributed by atoms with Gasteiger partial charge in [-0.3, -0.25) is 4.79 Å². The first kappa shape index (κ1) is 15.2. The number of anilines is 2. The molecule has 1 aromatic rings. The molecule has 3 N–H and O–H groups in total. The van der Waals surface area contributed by atoms with E-state index in [-0.39, 0.29) is 11.7 Å². The zero-order chi connectivity index (χ0) is 14.9. The van der Waals surface area contributed by atoms with Crippen LogP contribution in [-0.2, 0) is 0 Å². The van der Waals surface area contributed by atoms with Crippen molar-refractivity contribution in [2.75, 3.05) is 18.2 Å². The van der Waals surface area contributed by atoms with Gasteiger partial charge in [-0.05, 0) is 18.8 Å². The molecule has 0 aliphatic heterocycles. The fourth-order valence-corrected chi connectivity index (χ4v) is 3.69. The second kappa shape index (κ2) is 6.04. The number of carbonyl (C=O) groups excluding carboxylic acids is 1. The van der Waals surface area contributed by atoms with Crippen LogP contribution in [0.5, 0.6) is 5.75 Å². The van der Waals surface area contributed by atoms with Crippen molar-refractivity contribution in [1.82, 2.24) is 0 Å². The summed E-state index contributed by atoms with van der Waals surface area (Å²) < 4.78 is 5.38. The molecular weight excluding hydrogens is 272 g/mol. The molecule has 1 heterocycles. The van der Waals surface area contributed by atoms with Crippen LogP contribution < -0.4 is 15.8 Å². The number of thiophene rings is 1. The summed E-state index contributed by atoms with van der Waals surface area (Å²) in [4.78, 5) is 12.8. The van der Waals surface area contributed by atoms with Gasteiger partial charge in [0.2, 0.25) is 0 Å². The van der Waals surface area contributed by atoms with Gasteiger partial charge in [0.1, 0.15) is 5.00 Å². The summed E-state index contributed by atoms with van der Waals surface area (Å²) in [5.41, 5.74) is 6.55. The van der Waals surface area contributed by atoms with Crippen molar-refractivity contribution in [2.45, 2.75) is 46.1 Å². The molecule has 1 aliphatic carbocycles. The highest BCUT2D eigenvalue weighted by Crippen LogP contribution is 2.47. The first-order valence-corrected chi connectivity index (χ1v) is 8.08. The Hall–Kier alpha value is -1.23. The number of ketones is 1. The predicted molar refractivity (Wildman–Crippen MR) is 84.9 cm³/mol. The third kappa shape index (κ3) is 2.92. The summed E-state index contributed by atoms with van der Waals surface area (Å²) in [5, 5.41) is 4.39. The van der Waals surface area contributed by atoms with Crippen molar-refractivity contribution in [2.24, 2.45) is 11.8 Å². The quantitative estimate of drug-likeness (QED) is 0.752. The molecule has 5 heteroatoms.